The number of hydrogen-bond acceptors (Lipinski definition) is 14. The van der Waals surface area contributed by atoms with Crippen LogP contribution in [0.1, 0.15) is 88.6 Å². The molecule has 1 amide bonds. The Morgan fingerprint density at radius 2 is 1.86 bits per heavy atom. The second-order valence-corrected chi connectivity index (χ2v) is 12.9. The molecule has 0 spiro atoms. The van der Waals surface area contributed by atoms with Crippen LogP contribution in [0.15, 0.2) is 28.4 Å². The van der Waals surface area contributed by atoms with E-state index < -0.39 is 82.2 Å². The minimum Gasteiger partial charge on any atom is -0.507 e. The van der Waals surface area contributed by atoms with E-state index in [-0.39, 0.29) is 72.5 Å². The minimum absolute atomic E-state index is 0.0403. The molecule has 2 aromatic carbocycles. The van der Waals surface area contributed by atoms with Crippen molar-refractivity contribution in [2.45, 2.75) is 87.9 Å². The van der Waals surface area contributed by atoms with Crippen LogP contribution in [0.2, 0.25) is 0 Å². The number of fused-ring (bicyclic) bond motifs is 3. The van der Waals surface area contributed by atoms with Gasteiger partial charge in [0, 0.05) is 42.4 Å². The number of nitrogens with zero attached hydrogens (tertiary/aromatic N) is 2. The predicted molar refractivity (Wildman–Crippen MR) is 166 cm³/mol. The third-order valence-electron chi connectivity index (χ3n) is 9.26. The second-order valence-electron chi connectivity index (χ2n) is 12.9. The number of aliphatic hydroxyl groups is 2. The van der Waals surface area contributed by atoms with Crippen molar-refractivity contribution in [1.82, 2.24) is 5.32 Å². The van der Waals surface area contributed by atoms with E-state index in [1.54, 1.807) is 6.92 Å². The first kappa shape index (κ1) is 34.0. The molecule has 2 aliphatic carbocycles. The Balaban J connectivity index is 1.33. The summed E-state index contributed by atoms with van der Waals surface area (Å²) in [5.41, 5.74) is -3.97. The van der Waals surface area contributed by atoms with Gasteiger partial charge in [-0.15, -0.1) is 12.3 Å². The number of aliphatic hydroxyl groups excluding tert-OH is 1. The lowest BCUT2D eigenvalue weighted by atomic mass is 9.71. The van der Waals surface area contributed by atoms with Crippen LogP contribution >= 0.6 is 0 Å². The standard InChI is InChI=1S/C34H35N3O12/c1-5-9-34(36-37-34)14-47-32(44)35-19-10-22(48-16(3)27(19)39)49-21-13-33(45,11-15(2)38)12-18-24(21)31(43)26-25(29(18)41)28(40)17-7-6-8-20(46-4)23(17)30(26)42/h1,6-8,16,19,21-22,27,39,41,43,45H,9-14H2,2-4H3,(H,35,44)/t16?,19?,21-,22?,27?,33-/m0/s1. The molecule has 1 saturated heterocycles. The number of aromatic hydroxyl groups is 2. The Morgan fingerprint density at radius 1 is 1.14 bits per heavy atom. The van der Waals surface area contributed by atoms with Crippen molar-refractivity contribution in [3.8, 4) is 29.6 Å². The van der Waals surface area contributed by atoms with Crippen molar-refractivity contribution in [2.24, 2.45) is 10.2 Å². The topological polar surface area (TPSA) is 223 Å². The molecule has 15 nitrogen and oxygen atoms in total. The lowest BCUT2D eigenvalue weighted by Crippen LogP contribution is -2.55. The number of benzene rings is 2. The molecule has 4 unspecified atom stereocenters. The second kappa shape index (κ2) is 12.5. The number of methoxy groups -OCH3 is 1. The number of phenols is 2. The maximum atomic E-state index is 13.9. The van der Waals surface area contributed by atoms with E-state index in [1.807, 2.05) is 0 Å². The average molecular weight is 678 g/mol. The number of hydrogen-bond donors (Lipinski definition) is 5. The summed E-state index contributed by atoms with van der Waals surface area (Å²) in [6.07, 6.45) is -1.10. The molecule has 2 aromatic rings. The minimum atomic E-state index is -1.79. The number of alkyl carbamates (subject to hydrolysis) is 1. The number of Topliss-reactive ketones (excluding diaryl/α,β-unsaturated/α-hetero) is 1. The number of ketones is 3. The largest absolute Gasteiger partial charge is 0.507 e. The van der Waals surface area contributed by atoms with Crippen LogP contribution in [0.5, 0.6) is 17.2 Å². The summed E-state index contributed by atoms with van der Waals surface area (Å²) in [6, 6.07) is 3.44. The lowest BCUT2D eigenvalue weighted by molar-refractivity contribution is -0.249. The summed E-state index contributed by atoms with van der Waals surface area (Å²) >= 11 is 0. The van der Waals surface area contributed by atoms with Crippen molar-refractivity contribution in [1.29, 1.82) is 0 Å². The molecule has 6 rings (SSSR count). The zero-order valence-electron chi connectivity index (χ0n) is 26.9. The van der Waals surface area contributed by atoms with Crippen molar-refractivity contribution >= 4 is 23.4 Å². The number of carbonyl (C=O) groups is 4. The highest BCUT2D eigenvalue weighted by Gasteiger charge is 2.49. The highest BCUT2D eigenvalue weighted by atomic mass is 16.7. The van der Waals surface area contributed by atoms with Crippen LogP contribution in [0.4, 0.5) is 4.79 Å². The molecule has 0 aromatic heterocycles. The maximum Gasteiger partial charge on any atom is 0.407 e. The molecule has 1 fully saturated rings. The molecule has 0 bridgehead atoms. The fraction of sp³-hybridized carbons (Fsp3) is 0.471. The normalized spacial score (nSPS) is 27.6. The first-order chi connectivity index (χ1) is 23.2. The van der Waals surface area contributed by atoms with Crippen LogP contribution in [0.3, 0.4) is 0 Å². The van der Waals surface area contributed by atoms with E-state index in [1.165, 1.54) is 32.2 Å². The summed E-state index contributed by atoms with van der Waals surface area (Å²) in [4.78, 5) is 52.5. The molecule has 0 saturated carbocycles. The van der Waals surface area contributed by atoms with Gasteiger partial charge in [-0.05, 0) is 19.9 Å². The Kier molecular flexibility index (Phi) is 8.70. The van der Waals surface area contributed by atoms with Crippen LogP contribution in [0, 0.1) is 12.3 Å². The van der Waals surface area contributed by atoms with Gasteiger partial charge in [-0.1, -0.05) is 12.1 Å². The van der Waals surface area contributed by atoms with Crippen LogP contribution in [-0.2, 0) is 25.4 Å². The summed E-state index contributed by atoms with van der Waals surface area (Å²) in [7, 11) is 1.32. The van der Waals surface area contributed by atoms with E-state index in [0.29, 0.717) is 0 Å². The number of phenolic OH excluding ortho intramolecular Hbond substituents is 2. The summed E-state index contributed by atoms with van der Waals surface area (Å²) < 4.78 is 22.7. The Morgan fingerprint density at radius 3 is 2.51 bits per heavy atom. The number of rotatable bonds is 9. The first-order valence-corrected chi connectivity index (χ1v) is 15.6. The average Bonchev–Trinajstić information content (AvgIpc) is 3.81. The molecule has 6 atom stereocenters. The highest BCUT2D eigenvalue weighted by molar-refractivity contribution is 6.31. The third kappa shape index (κ3) is 6.12. The molecule has 5 N–H and O–H groups in total. The molecule has 258 valence electrons. The molecular weight excluding hydrogens is 642 g/mol. The first-order valence-electron chi connectivity index (χ1n) is 15.6. The fourth-order valence-electron chi connectivity index (χ4n) is 6.96. The smallest absolute Gasteiger partial charge is 0.407 e. The van der Waals surface area contributed by atoms with E-state index in [2.05, 4.69) is 21.5 Å². The van der Waals surface area contributed by atoms with Gasteiger partial charge in [0.25, 0.3) is 0 Å². The van der Waals surface area contributed by atoms with Crippen molar-refractivity contribution < 1.29 is 58.6 Å². The van der Waals surface area contributed by atoms with Gasteiger partial charge in [0.15, 0.2) is 12.1 Å². The monoisotopic (exact) mass is 677 g/mol. The van der Waals surface area contributed by atoms with E-state index in [4.69, 9.17) is 25.4 Å². The van der Waals surface area contributed by atoms with E-state index >= 15 is 0 Å². The van der Waals surface area contributed by atoms with Crippen molar-refractivity contribution in [3.05, 3.63) is 51.6 Å². The molecule has 49 heavy (non-hydrogen) atoms. The summed E-state index contributed by atoms with van der Waals surface area (Å²) in [5, 5.41) is 56.0. The lowest BCUT2D eigenvalue weighted by Gasteiger charge is -2.43. The van der Waals surface area contributed by atoms with Gasteiger partial charge >= 0.3 is 6.09 Å². The molecular formula is C34H35N3O12. The Hall–Kier alpha value is -4.88. The van der Waals surface area contributed by atoms with Crippen molar-refractivity contribution in [3.63, 3.8) is 0 Å². The van der Waals surface area contributed by atoms with E-state index in [0.717, 1.165) is 0 Å². The van der Waals surface area contributed by atoms with Gasteiger partial charge in [0.2, 0.25) is 11.4 Å². The summed E-state index contributed by atoms with van der Waals surface area (Å²) in [6.45, 7) is 2.62. The highest BCUT2D eigenvalue weighted by Crippen LogP contribution is 2.53. The Labute approximate surface area is 280 Å². The molecule has 2 aliphatic heterocycles. The van der Waals surface area contributed by atoms with Gasteiger partial charge in [0.05, 0.1) is 54.1 Å². The summed E-state index contributed by atoms with van der Waals surface area (Å²) in [5.74, 6) is -0.675. The molecule has 4 aliphatic rings. The van der Waals surface area contributed by atoms with Gasteiger partial charge in [-0.2, -0.15) is 10.2 Å². The van der Waals surface area contributed by atoms with Gasteiger partial charge in [-0.25, -0.2) is 4.79 Å². The van der Waals surface area contributed by atoms with E-state index in [9.17, 15) is 39.6 Å². The number of ether oxygens (including phenoxy) is 4. The van der Waals surface area contributed by atoms with Gasteiger partial charge < -0.3 is 44.7 Å². The maximum absolute atomic E-state index is 13.9. The van der Waals surface area contributed by atoms with Gasteiger partial charge in [-0.3, -0.25) is 14.4 Å². The Bertz CT molecular complexity index is 1830. The molecule has 15 heteroatoms. The fourth-order valence-corrected chi connectivity index (χ4v) is 6.96. The van der Waals surface area contributed by atoms with Crippen LogP contribution in [0.25, 0.3) is 0 Å². The van der Waals surface area contributed by atoms with Crippen LogP contribution in [-0.4, -0.2) is 93.4 Å². The number of nitrogens with one attached hydrogen (secondary N) is 1. The quantitative estimate of drug-likeness (QED) is 0.163. The number of carbonyl (C=O) groups excluding carboxylic acids is 4. The predicted octanol–water partition coefficient (Wildman–Crippen LogP) is 2.37. The van der Waals surface area contributed by atoms with Gasteiger partial charge in [0.1, 0.15) is 35.7 Å². The molecule has 2 heterocycles. The number of terminal acetylenes is 1. The number of amides is 1. The zero-order chi connectivity index (χ0) is 35.4. The molecule has 0 radical (unpaired) electrons. The van der Waals surface area contributed by atoms with Crippen molar-refractivity contribution in [2.75, 3.05) is 13.7 Å². The zero-order valence-corrected chi connectivity index (χ0v) is 26.9. The SMILES string of the molecule is C#CCC1(COC(=O)NC2CC(O[C@H]3C[C@](O)(CC(C)=O)Cc4c(O)c5c(c(O)c43)C(=O)c3c(OC)cccc3C5=O)OC(C)C2O)N=N1. The third-order valence-corrected chi connectivity index (χ3v) is 9.26. The van der Waals surface area contributed by atoms with Crippen LogP contribution < -0.4 is 10.1 Å².